The number of rotatable bonds is 7. The van der Waals surface area contributed by atoms with Gasteiger partial charge in [0.15, 0.2) is 5.69 Å². The summed E-state index contributed by atoms with van der Waals surface area (Å²) in [5.74, 6) is -0.164. The summed E-state index contributed by atoms with van der Waals surface area (Å²) in [6, 6.07) is 10.8. The van der Waals surface area contributed by atoms with Gasteiger partial charge < -0.3 is 9.47 Å². The zero-order valence-electron chi connectivity index (χ0n) is 13.6. The van der Waals surface area contributed by atoms with Crippen molar-refractivity contribution in [1.82, 2.24) is 0 Å². The first-order valence-corrected chi connectivity index (χ1v) is 7.32. The zero-order chi connectivity index (χ0) is 18.2. The molecule has 0 aliphatic carbocycles. The van der Waals surface area contributed by atoms with Crippen LogP contribution in [-0.2, 0) is 4.74 Å². The van der Waals surface area contributed by atoms with Crippen molar-refractivity contribution >= 4 is 23.0 Å². The first-order valence-electron chi connectivity index (χ1n) is 7.32. The highest BCUT2D eigenvalue weighted by Crippen LogP contribution is 2.31. The normalized spacial score (nSPS) is 10.5. The molecular formula is C16H16N4O5. The number of esters is 1. The first kappa shape index (κ1) is 17.9. The predicted octanol–water partition coefficient (Wildman–Crippen LogP) is 3.89. The minimum atomic E-state index is -0.580. The Kier molecular flexibility index (Phi) is 5.99. The van der Waals surface area contributed by atoms with Crippen LogP contribution < -0.4 is 10.2 Å². The summed E-state index contributed by atoms with van der Waals surface area (Å²) in [7, 11) is 1.41. The number of carbonyl (C=O) groups is 1. The molecule has 0 fully saturated rings. The highest BCUT2D eigenvalue weighted by atomic mass is 16.6. The lowest BCUT2D eigenvalue weighted by Crippen LogP contribution is -2.07. The molecule has 0 bridgehead atoms. The van der Waals surface area contributed by atoms with E-state index in [1.54, 1.807) is 31.2 Å². The monoisotopic (exact) mass is 344 g/mol. The van der Waals surface area contributed by atoms with Crippen LogP contribution >= 0.6 is 0 Å². The minimum absolute atomic E-state index is 0.0481. The van der Waals surface area contributed by atoms with Gasteiger partial charge in [-0.1, -0.05) is 17.4 Å². The second-order valence-corrected chi connectivity index (χ2v) is 4.69. The molecule has 25 heavy (non-hydrogen) atoms. The number of hydrogen-bond donors (Lipinski definition) is 1. The van der Waals surface area contributed by atoms with Crippen LogP contribution in [0, 0.1) is 10.1 Å². The molecule has 2 aromatic rings. The molecule has 130 valence electrons. The molecule has 1 N–H and O–H groups in total. The second-order valence-electron chi connectivity index (χ2n) is 4.69. The van der Waals surface area contributed by atoms with Crippen molar-refractivity contribution in [2.24, 2.45) is 10.3 Å². The van der Waals surface area contributed by atoms with Crippen molar-refractivity contribution in [2.75, 3.05) is 19.1 Å². The number of nitro groups is 1. The van der Waals surface area contributed by atoms with E-state index in [-0.39, 0.29) is 23.5 Å². The molecule has 0 aromatic heterocycles. The fourth-order valence-electron chi connectivity index (χ4n) is 1.96. The van der Waals surface area contributed by atoms with Gasteiger partial charge in [-0.05, 0) is 31.2 Å². The van der Waals surface area contributed by atoms with Crippen molar-refractivity contribution in [3.8, 4) is 5.75 Å². The van der Waals surface area contributed by atoms with Gasteiger partial charge in [0.05, 0.1) is 36.0 Å². The number of hydrogen-bond acceptors (Lipinski definition) is 7. The SMILES string of the molecule is CCOC(=O)c1ccccc1NN=Nc1ccc(OC)cc1[N+](=O)[O-]. The van der Waals surface area contributed by atoms with Gasteiger partial charge in [-0.25, -0.2) is 4.79 Å². The van der Waals surface area contributed by atoms with Gasteiger partial charge in [-0.2, -0.15) is 0 Å². The summed E-state index contributed by atoms with van der Waals surface area (Å²) in [5.41, 5.74) is 3.06. The van der Waals surface area contributed by atoms with Crippen molar-refractivity contribution in [3.63, 3.8) is 0 Å². The van der Waals surface area contributed by atoms with Crippen molar-refractivity contribution < 1.29 is 19.2 Å². The third kappa shape index (κ3) is 4.50. The van der Waals surface area contributed by atoms with Gasteiger partial charge in [-0.3, -0.25) is 15.5 Å². The first-order chi connectivity index (χ1) is 12.1. The molecule has 0 aliphatic rings. The largest absolute Gasteiger partial charge is 0.496 e. The fraction of sp³-hybridized carbons (Fsp3) is 0.188. The summed E-state index contributed by atoms with van der Waals surface area (Å²) in [6.07, 6.45) is 0. The van der Waals surface area contributed by atoms with Gasteiger partial charge in [0.2, 0.25) is 0 Å². The maximum absolute atomic E-state index is 11.9. The van der Waals surface area contributed by atoms with E-state index in [1.807, 2.05) is 0 Å². The second kappa shape index (κ2) is 8.39. The third-order valence-corrected chi connectivity index (χ3v) is 3.13. The number of nitrogens with zero attached hydrogens (tertiary/aromatic N) is 3. The fourth-order valence-corrected chi connectivity index (χ4v) is 1.96. The van der Waals surface area contributed by atoms with Gasteiger partial charge in [0.1, 0.15) is 5.75 Å². The molecule has 2 aromatic carbocycles. The van der Waals surface area contributed by atoms with Gasteiger partial charge in [-0.15, -0.1) is 5.11 Å². The molecule has 0 saturated heterocycles. The Morgan fingerprint density at radius 1 is 1.28 bits per heavy atom. The molecule has 2 rings (SSSR count). The molecule has 9 nitrogen and oxygen atoms in total. The van der Waals surface area contributed by atoms with E-state index in [0.717, 1.165) is 0 Å². The van der Waals surface area contributed by atoms with Crippen LogP contribution in [0.1, 0.15) is 17.3 Å². The lowest BCUT2D eigenvalue weighted by atomic mass is 10.2. The van der Waals surface area contributed by atoms with E-state index in [1.165, 1.54) is 25.3 Å². The smallest absolute Gasteiger partial charge is 0.340 e. The molecule has 0 amide bonds. The molecule has 0 atom stereocenters. The van der Waals surface area contributed by atoms with E-state index in [0.29, 0.717) is 11.4 Å². The summed E-state index contributed by atoms with van der Waals surface area (Å²) >= 11 is 0. The van der Waals surface area contributed by atoms with E-state index < -0.39 is 10.9 Å². The molecule has 0 saturated carbocycles. The lowest BCUT2D eigenvalue weighted by molar-refractivity contribution is -0.384. The highest BCUT2D eigenvalue weighted by Gasteiger charge is 2.15. The van der Waals surface area contributed by atoms with Crippen LogP contribution in [0.25, 0.3) is 0 Å². The van der Waals surface area contributed by atoms with Crippen molar-refractivity contribution in [3.05, 3.63) is 58.1 Å². The maximum atomic E-state index is 11.9. The van der Waals surface area contributed by atoms with E-state index in [9.17, 15) is 14.9 Å². The van der Waals surface area contributed by atoms with E-state index >= 15 is 0 Å². The summed E-state index contributed by atoms with van der Waals surface area (Å²) in [5, 5.41) is 18.6. The Morgan fingerprint density at radius 2 is 2.04 bits per heavy atom. The van der Waals surface area contributed by atoms with Crippen LogP contribution in [0.2, 0.25) is 0 Å². The van der Waals surface area contributed by atoms with Gasteiger partial charge in [0, 0.05) is 0 Å². The Morgan fingerprint density at radius 3 is 2.72 bits per heavy atom. The number of para-hydroxylation sites is 1. The Hall–Kier alpha value is -3.49. The van der Waals surface area contributed by atoms with Crippen LogP contribution in [0.5, 0.6) is 5.75 Å². The molecule has 0 spiro atoms. The Balaban J connectivity index is 2.22. The standard InChI is InChI=1S/C16H16N4O5/c1-3-25-16(21)12-6-4-5-7-13(12)17-19-18-14-9-8-11(24-2)10-15(14)20(22)23/h4-10H,3H2,1-2H3,(H,17,18). The molecule has 0 unspecified atom stereocenters. The topological polar surface area (TPSA) is 115 Å². The van der Waals surface area contributed by atoms with Crippen LogP contribution in [0.3, 0.4) is 0 Å². The van der Waals surface area contributed by atoms with E-state index in [2.05, 4.69) is 15.8 Å². The Bertz CT molecular complexity index is 807. The van der Waals surface area contributed by atoms with Crippen molar-refractivity contribution in [2.45, 2.75) is 6.92 Å². The number of nitro benzene ring substituents is 1. The highest BCUT2D eigenvalue weighted by molar-refractivity contribution is 5.95. The van der Waals surface area contributed by atoms with E-state index in [4.69, 9.17) is 9.47 Å². The average Bonchev–Trinajstić information content (AvgIpc) is 2.62. The van der Waals surface area contributed by atoms with Gasteiger partial charge in [0.25, 0.3) is 5.69 Å². The molecule has 9 heteroatoms. The predicted molar refractivity (Wildman–Crippen MR) is 90.2 cm³/mol. The van der Waals surface area contributed by atoms with Crippen LogP contribution in [0.4, 0.5) is 17.1 Å². The minimum Gasteiger partial charge on any atom is -0.496 e. The number of methoxy groups -OCH3 is 1. The zero-order valence-corrected chi connectivity index (χ0v) is 13.6. The summed E-state index contributed by atoms with van der Waals surface area (Å²) in [6.45, 7) is 1.95. The quantitative estimate of drug-likeness (QED) is 0.352. The van der Waals surface area contributed by atoms with Crippen LogP contribution in [-0.4, -0.2) is 24.6 Å². The van der Waals surface area contributed by atoms with Gasteiger partial charge >= 0.3 is 5.97 Å². The molecule has 0 radical (unpaired) electrons. The number of nitrogens with one attached hydrogen (secondary N) is 1. The number of benzene rings is 2. The third-order valence-electron chi connectivity index (χ3n) is 3.13. The van der Waals surface area contributed by atoms with Crippen LogP contribution in [0.15, 0.2) is 52.8 Å². The Labute approximate surface area is 143 Å². The summed E-state index contributed by atoms with van der Waals surface area (Å²) in [4.78, 5) is 22.4. The molecular weight excluding hydrogens is 328 g/mol. The lowest BCUT2D eigenvalue weighted by Gasteiger charge is -2.07. The molecule has 0 aliphatic heterocycles. The maximum Gasteiger partial charge on any atom is 0.340 e. The number of ether oxygens (including phenoxy) is 2. The summed E-state index contributed by atoms with van der Waals surface area (Å²) < 4.78 is 9.91. The number of carbonyl (C=O) groups excluding carboxylic acids is 1. The average molecular weight is 344 g/mol. The molecule has 0 heterocycles. The number of anilines is 1. The van der Waals surface area contributed by atoms with Crippen molar-refractivity contribution in [1.29, 1.82) is 0 Å².